The van der Waals surface area contributed by atoms with Gasteiger partial charge in [-0.1, -0.05) is 19.1 Å². The molecule has 2 aromatic rings. The molecule has 0 fully saturated rings. The van der Waals surface area contributed by atoms with E-state index in [1.807, 2.05) is 0 Å². The van der Waals surface area contributed by atoms with Crippen LogP contribution >= 0.6 is 0 Å². The molecule has 2 N–H and O–H groups in total. The van der Waals surface area contributed by atoms with E-state index >= 15 is 0 Å². The van der Waals surface area contributed by atoms with Crippen molar-refractivity contribution in [1.29, 1.82) is 0 Å². The predicted molar refractivity (Wildman–Crippen MR) is 94.6 cm³/mol. The first-order valence-electron chi connectivity index (χ1n) is 7.93. The highest BCUT2D eigenvalue weighted by Gasteiger charge is 2.26. The number of carbonyl (C=O) groups is 2. The molecule has 26 heavy (non-hydrogen) atoms. The zero-order chi connectivity index (χ0) is 19.4. The molecule has 0 bridgehead atoms. The lowest BCUT2D eigenvalue weighted by Crippen LogP contribution is -2.31. The van der Waals surface area contributed by atoms with E-state index in [9.17, 15) is 24.6 Å². The van der Waals surface area contributed by atoms with Gasteiger partial charge >= 0.3 is 17.6 Å². The van der Waals surface area contributed by atoms with E-state index in [1.165, 1.54) is 18.1 Å². The summed E-state index contributed by atoms with van der Waals surface area (Å²) in [7, 11) is 1.45. The third-order valence-corrected chi connectivity index (χ3v) is 3.91. The third kappa shape index (κ3) is 3.39. The molecule has 0 saturated carbocycles. The maximum absolute atomic E-state index is 12.5. The van der Waals surface area contributed by atoms with Gasteiger partial charge in [-0.3, -0.25) is 0 Å². The summed E-state index contributed by atoms with van der Waals surface area (Å²) < 4.78 is 10.5. The van der Waals surface area contributed by atoms with Crippen molar-refractivity contribution >= 4 is 28.6 Å². The van der Waals surface area contributed by atoms with Gasteiger partial charge in [-0.15, -0.1) is 0 Å². The van der Waals surface area contributed by atoms with Crippen LogP contribution in [-0.2, 0) is 9.59 Å². The molecular weight excluding hydrogens is 342 g/mol. The van der Waals surface area contributed by atoms with Crippen LogP contribution in [0.3, 0.4) is 0 Å². The smallest absolute Gasteiger partial charge is 0.360 e. The Kier molecular flexibility index (Phi) is 5.66. The Morgan fingerprint density at radius 3 is 2.35 bits per heavy atom. The van der Waals surface area contributed by atoms with E-state index in [0.717, 1.165) is 0 Å². The summed E-state index contributed by atoms with van der Waals surface area (Å²) >= 11 is 0. The first-order chi connectivity index (χ1) is 12.3. The molecule has 1 aromatic carbocycles. The monoisotopic (exact) mass is 361 g/mol. The molecule has 0 atom stereocenters. The number of aliphatic carboxylic acids is 2. The average molecular weight is 361 g/mol. The number of benzene rings is 1. The minimum atomic E-state index is -1.57. The first kappa shape index (κ1) is 19.0. The predicted octanol–water partition coefficient (Wildman–Crippen LogP) is 2.46. The van der Waals surface area contributed by atoms with E-state index < -0.39 is 23.1 Å². The number of hydrogen-bond acceptors (Lipinski definition) is 6. The van der Waals surface area contributed by atoms with Crippen LogP contribution in [0.1, 0.15) is 20.3 Å². The lowest BCUT2D eigenvalue weighted by atomic mass is 10.1. The molecule has 8 heteroatoms. The van der Waals surface area contributed by atoms with Gasteiger partial charge in [0.1, 0.15) is 5.69 Å². The summed E-state index contributed by atoms with van der Waals surface area (Å²) in [6.07, 6.45) is 0.108. The van der Waals surface area contributed by atoms with Gasteiger partial charge in [0.05, 0.1) is 7.11 Å². The van der Waals surface area contributed by atoms with Crippen molar-refractivity contribution in [2.75, 3.05) is 18.6 Å². The van der Waals surface area contributed by atoms with Crippen LogP contribution < -0.4 is 15.3 Å². The summed E-state index contributed by atoms with van der Waals surface area (Å²) in [4.78, 5) is 36.6. The van der Waals surface area contributed by atoms with E-state index in [2.05, 4.69) is 0 Å². The molecule has 0 saturated heterocycles. The van der Waals surface area contributed by atoms with Crippen LogP contribution in [0, 0.1) is 0 Å². The Morgan fingerprint density at radius 2 is 1.85 bits per heavy atom. The largest absolute Gasteiger partial charge is 0.493 e. The lowest BCUT2D eigenvalue weighted by molar-refractivity contribution is -0.140. The Hall–Kier alpha value is -3.29. The molecule has 2 rings (SSSR count). The van der Waals surface area contributed by atoms with E-state index in [0.29, 0.717) is 11.1 Å². The summed E-state index contributed by atoms with van der Waals surface area (Å²) in [5, 5.41) is 19.1. The zero-order valence-corrected chi connectivity index (χ0v) is 14.6. The normalized spacial score (nSPS) is 10.4. The summed E-state index contributed by atoms with van der Waals surface area (Å²) in [6.45, 7) is 3.50. The molecular formula is C18H19NO7. The summed E-state index contributed by atoms with van der Waals surface area (Å²) in [6, 6.07) is 6.61. The fourth-order valence-corrected chi connectivity index (χ4v) is 2.80. The van der Waals surface area contributed by atoms with Gasteiger partial charge in [0.15, 0.2) is 16.9 Å². The highest BCUT2D eigenvalue weighted by Crippen LogP contribution is 2.29. The third-order valence-electron chi connectivity index (χ3n) is 3.91. The number of methoxy groups -OCH3 is 1. The van der Waals surface area contributed by atoms with Gasteiger partial charge in [-0.2, -0.15) is 0 Å². The molecule has 0 radical (unpaired) electrons. The SMILES string of the molecule is CCC(=C(C(=O)O)C(=O)O)N(CC)c1cc2cccc(OC)c2oc1=O. The van der Waals surface area contributed by atoms with Crippen LogP contribution in [0.25, 0.3) is 11.0 Å². The topological polar surface area (TPSA) is 117 Å². The Morgan fingerprint density at radius 1 is 1.19 bits per heavy atom. The second-order valence-corrected chi connectivity index (χ2v) is 5.33. The number of anilines is 1. The molecule has 1 heterocycles. The van der Waals surface area contributed by atoms with Crippen LogP contribution in [0.2, 0.25) is 0 Å². The van der Waals surface area contributed by atoms with Crippen LogP contribution in [-0.4, -0.2) is 35.8 Å². The number of fused-ring (bicyclic) bond motifs is 1. The number of hydrogen-bond donors (Lipinski definition) is 2. The number of allylic oxidation sites excluding steroid dienone is 1. The zero-order valence-electron chi connectivity index (χ0n) is 14.6. The maximum atomic E-state index is 12.5. The molecule has 8 nitrogen and oxygen atoms in total. The minimum absolute atomic E-state index is 0.0158. The van der Waals surface area contributed by atoms with Crippen LogP contribution in [0.4, 0.5) is 5.69 Å². The molecule has 0 amide bonds. The standard InChI is InChI=1S/C18H19NO7/c1-4-11(14(16(20)21)17(22)23)19(5-2)12-9-10-7-6-8-13(25-3)15(10)26-18(12)24/h6-9H,4-5H2,1-3H3,(H,20,21)(H,22,23). The fraction of sp³-hybridized carbons (Fsp3) is 0.278. The second-order valence-electron chi connectivity index (χ2n) is 5.33. The van der Waals surface area contributed by atoms with Crippen LogP contribution in [0.5, 0.6) is 5.75 Å². The highest BCUT2D eigenvalue weighted by molar-refractivity contribution is 6.13. The first-order valence-corrected chi connectivity index (χ1v) is 7.93. The van der Waals surface area contributed by atoms with E-state index in [4.69, 9.17) is 9.15 Å². The van der Waals surface area contributed by atoms with Crippen molar-refractivity contribution in [2.24, 2.45) is 0 Å². The number of carboxylic acids is 2. The lowest BCUT2D eigenvalue weighted by Gasteiger charge is -2.25. The number of nitrogens with zero attached hydrogens (tertiary/aromatic N) is 1. The molecule has 0 aliphatic rings. The van der Waals surface area contributed by atoms with Crippen molar-refractivity contribution in [1.82, 2.24) is 0 Å². The van der Waals surface area contributed by atoms with Gasteiger partial charge in [0, 0.05) is 17.6 Å². The number of carboxylic acid groups (broad SMARTS) is 2. The molecule has 0 aliphatic carbocycles. The molecule has 0 unspecified atom stereocenters. The Bertz CT molecular complexity index is 926. The molecule has 138 valence electrons. The van der Waals surface area contributed by atoms with Crippen molar-refractivity contribution in [3.63, 3.8) is 0 Å². The maximum Gasteiger partial charge on any atom is 0.360 e. The van der Waals surface area contributed by atoms with Crippen molar-refractivity contribution in [3.8, 4) is 5.75 Å². The number of rotatable bonds is 7. The summed E-state index contributed by atoms with van der Waals surface area (Å²) in [5.41, 5.74) is -1.16. The van der Waals surface area contributed by atoms with Gasteiger partial charge in [0.2, 0.25) is 0 Å². The highest BCUT2D eigenvalue weighted by atomic mass is 16.5. The Labute approximate surface area is 148 Å². The Balaban J connectivity index is 2.76. The van der Waals surface area contributed by atoms with Gasteiger partial charge in [-0.05, 0) is 25.5 Å². The average Bonchev–Trinajstić information content (AvgIpc) is 2.60. The number of para-hydroxylation sites is 1. The molecule has 0 aliphatic heterocycles. The summed E-state index contributed by atoms with van der Waals surface area (Å²) in [5.74, 6) is -2.75. The van der Waals surface area contributed by atoms with Gasteiger partial charge < -0.3 is 24.3 Å². The quantitative estimate of drug-likeness (QED) is 0.334. The van der Waals surface area contributed by atoms with Gasteiger partial charge in [-0.25, -0.2) is 14.4 Å². The van der Waals surface area contributed by atoms with Crippen molar-refractivity contribution in [2.45, 2.75) is 20.3 Å². The molecule has 0 spiro atoms. The van der Waals surface area contributed by atoms with E-state index in [-0.39, 0.29) is 29.9 Å². The minimum Gasteiger partial charge on any atom is -0.493 e. The van der Waals surface area contributed by atoms with Gasteiger partial charge in [0.25, 0.3) is 0 Å². The second kappa shape index (κ2) is 7.73. The van der Waals surface area contributed by atoms with Crippen LogP contribution in [0.15, 0.2) is 44.7 Å². The van der Waals surface area contributed by atoms with Crippen molar-refractivity contribution < 1.29 is 29.0 Å². The van der Waals surface area contributed by atoms with Crippen molar-refractivity contribution in [3.05, 3.63) is 46.0 Å². The number of ether oxygens (including phenoxy) is 1. The molecule has 1 aromatic heterocycles. The fourth-order valence-electron chi connectivity index (χ4n) is 2.80. The van der Waals surface area contributed by atoms with E-state index in [1.54, 1.807) is 32.0 Å².